The molecule has 0 aliphatic carbocycles. The Labute approximate surface area is 123 Å². The lowest BCUT2D eigenvalue weighted by Gasteiger charge is -2.29. The van der Waals surface area contributed by atoms with Crippen molar-refractivity contribution >= 4 is 7.60 Å². The topological polar surface area (TPSA) is 104 Å². The van der Waals surface area contributed by atoms with E-state index in [2.05, 4.69) is 0 Å². The Hall–Kier alpha value is -0.0500. The Morgan fingerprint density at radius 2 is 1.81 bits per heavy atom. The summed E-state index contributed by atoms with van der Waals surface area (Å²) in [6.07, 6.45) is -3.94. The standard InChI is InChI=1S/C12H23O8P/c1-5-16-21(15,17-6-2)10(14)8-7(13)9-11(18-8)20-12(3,4)19-9/h7-11,13-14H,5-6H2,1-4H3/t7-,8+,9+,10?,11+/m1/s1. The lowest BCUT2D eigenvalue weighted by Crippen LogP contribution is -2.41. The highest BCUT2D eigenvalue weighted by Gasteiger charge is 2.59. The lowest BCUT2D eigenvalue weighted by molar-refractivity contribution is -0.221. The van der Waals surface area contributed by atoms with Crippen LogP contribution in [0.3, 0.4) is 0 Å². The van der Waals surface area contributed by atoms with E-state index in [1.807, 2.05) is 0 Å². The second kappa shape index (κ2) is 6.22. The number of ether oxygens (including phenoxy) is 3. The van der Waals surface area contributed by atoms with Crippen LogP contribution >= 0.6 is 7.60 Å². The first-order valence-electron chi connectivity index (χ1n) is 7.00. The van der Waals surface area contributed by atoms with Crippen LogP contribution in [0.4, 0.5) is 0 Å². The number of hydrogen-bond donors (Lipinski definition) is 2. The molecule has 2 saturated heterocycles. The van der Waals surface area contributed by atoms with Crippen molar-refractivity contribution in [3.8, 4) is 0 Å². The summed E-state index contributed by atoms with van der Waals surface area (Å²) in [6.45, 7) is 6.85. The molecule has 21 heavy (non-hydrogen) atoms. The number of fused-ring (bicyclic) bond motifs is 1. The average molecular weight is 326 g/mol. The number of aliphatic hydroxyl groups excluding tert-OH is 2. The van der Waals surface area contributed by atoms with Crippen molar-refractivity contribution in [2.75, 3.05) is 13.2 Å². The minimum atomic E-state index is -3.81. The Bertz CT molecular complexity index is 404. The summed E-state index contributed by atoms with van der Waals surface area (Å²) in [7, 11) is -3.81. The molecule has 2 N–H and O–H groups in total. The van der Waals surface area contributed by atoms with E-state index in [1.54, 1.807) is 27.7 Å². The normalized spacial score (nSPS) is 36.7. The molecule has 8 nitrogen and oxygen atoms in total. The first-order valence-corrected chi connectivity index (χ1v) is 8.61. The Morgan fingerprint density at radius 1 is 1.24 bits per heavy atom. The van der Waals surface area contributed by atoms with Gasteiger partial charge in [0.05, 0.1) is 13.2 Å². The summed E-state index contributed by atoms with van der Waals surface area (Å²) >= 11 is 0. The van der Waals surface area contributed by atoms with Crippen LogP contribution in [0.15, 0.2) is 0 Å². The van der Waals surface area contributed by atoms with Gasteiger partial charge in [0.1, 0.15) is 18.3 Å². The van der Waals surface area contributed by atoms with Gasteiger partial charge in [0.25, 0.3) is 0 Å². The van der Waals surface area contributed by atoms with E-state index >= 15 is 0 Å². The van der Waals surface area contributed by atoms with E-state index in [4.69, 9.17) is 23.3 Å². The maximum Gasteiger partial charge on any atom is 0.361 e. The van der Waals surface area contributed by atoms with Gasteiger partial charge < -0.3 is 33.5 Å². The number of aliphatic hydroxyl groups is 2. The minimum Gasteiger partial charge on any atom is -0.387 e. The highest BCUT2D eigenvalue weighted by Crippen LogP contribution is 2.55. The van der Waals surface area contributed by atoms with Gasteiger partial charge in [-0.15, -0.1) is 0 Å². The van der Waals surface area contributed by atoms with Crippen LogP contribution in [0.1, 0.15) is 27.7 Å². The van der Waals surface area contributed by atoms with Gasteiger partial charge in [-0.25, -0.2) is 0 Å². The fraction of sp³-hybridized carbons (Fsp3) is 1.00. The molecule has 2 fully saturated rings. The van der Waals surface area contributed by atoms with Crippen LogP contribution < -0.4 is 0 Å². The monoisotopic (exact) mass is 326 g/mol. The van der Waals surface area contributed by atoms with Crippen molar-refractivity contribution < 1.29 is 38.0 Å². The smallest absolute Gasteiger partial charge is 0.361 e. The van der Waals surface area contributed by atoms with Crippen LogP contribution in [0.5, 0.6) is 0 Å². The molecule has 0 spiro atoms. The summed E-state index contributed by atoms with van der Waals surface area (Å²) in [5.74, 6) is -2.50. The van der Waals surface area contributed by atoms with E-state index in [0.717, 1.165) is 0 Å². The molecule has 9 heteroatoms. The van der Waals surface area contributed by atoms with Crippen LogP contribution in [-0.2, 0) is 27.8 Å². The van der Waals surface area contributed by atoms with Gasteiger partial charge in [-0.05, 0) is 27.7 Å². The molecule has 0 aromatic carbocycles. The zero-order valence-corrected chi connectivity index (χ0v) is 13.5. The van der Waals surface area contributed by atoms with Crippen molar-refractivity contribution in [3.63, 3.8) is 0 Å². The molecular formula is C12H23O8P. The molecule has 0 amide bonds. The largest absolute Gasteiger partial charge is 0.387 e. The molecule has 2 heterocycles. The van der Waals surface area contributed by atoms with E-state index in [0.29, 0.717) is 0 Å². The molecule has 124 valence electrons. The molecule has 2 aliphatic heterocycles. The van der Waals surface area contributed by atoms with Crippen molar-refractivity contribution in [2.45, 2.75) is 63.9 Å². The van der Waals surface area contributed by atoms with Crippen molar-refractivity contribution in [1.82, 2.24) is 0 Å². The van der Waals surface area contributed by atoms with Crippen LogP contribution in [0.2, 0.25) is 0 Å². The summed E-state index contributed by atoms with van der Waals surface area (Å²) in [6, 6.07) is 0. The maximum absolute atomic E-state index is 12.5. The van der Waals surface area contributed by atoms with Crippen LogP contribution in [0, 0.1) is 0 Å². The van der Waals surface area contributed by atoms with Crippen molar-refractivity contribution in [1.29, 1.82) is 0 Å². The van der Waals surface area contributed by atoms with Gasteiger partial charge >= 0.3 is 7.60 Å². The maximum atomic E-state index is 12.5. The molecular weight excluding hydrogens is 303 g/mol. The number of hydrogen-bond acceptors (Lipinski definition) is 8. The van der Waals surface area contributed by atoms with Crippen LogP contribution in [-0.4, -0.2) is 59.7 Å². The number of rotatable bonds is 6. The van der Waals surface area contributed by atoms with Gasteiger partial charge in [0.15, 0.2) is 17.9 Å². The molecule has 5 atom stereocenters. The third-order valence-electron chi connectivity index (χ3n) is 3.29. The first-order chi connectivity index (χ1) is 9.74. The molecule has 0 aromatic heterocycles. The molecule has 0 aromatic rings. The predicted octanol–water partition coefficient (Wildman–Crippen LogP) is 0.808. The summed E-state index contributed by atoms with van der Waals surface area (Å²) in [5.41, 5.74) is 0. The molecule has 0 saturated carbocycles. The van der Waals surface area contributed by atoms with Crippen molar-refractivity contribution in [3.05, 3.63) is 0 Å². The Kier molecular flexibility index (Phi) is 5.12. The average Bonchev–Trinajstić information content (AvgIpc) is 2.83. The molecule has 0 bridgehead atoms. The second-order valence-corrected chi connectivity index (χ2v) is 7.47. The van der Waals surface area contributed by atoms with Gasteiger partial charge in [-0.3, -0.25) is 4.57 Å². The van der Waals surface area contributed by atoms with Gasteiger partial charge in [-0.1, -0.05) is 0 Å². The lowest BCUT2D eigenvalue weighted by atomic mass is 10.1. The fourth-order valence-electron chi connectivity index (χ4n) is 2.49. The molecule has 1 unspecified atom stereocenters. The van der Waals surface area contributed by atoms with Gasteiger partial charge in [0.2, 0.25) is 0 Å². The van der Waals surface area contributed by atoms with E-state index < -0.39 is 43.8 Å². The molecule has 2 rings (SSSR count). The van der Waals surface area contributed by atoms with Crippen molar-refractivity contribution in [2.24, 2.45) is 0 Å². The van der Waals surface area contributed by atoms with E-state index in [1.165, 1.54) is 0 Å². The third kappa shape index (κ3) is 3.33. The van der Waals surface area contributed by atoms with Crippen LogP contribution in [0.25, 0.3) is 0 Å². The summed E-state index contributed by atoms with van der Waals surface area (Å²) in [4.78, 5) is 0. The minimum absolute atomic E-state index is 0.101. The third-order valence-corrected chi connectivity index (χ3v) is 5.47. The molecule has 0 radical (unpaired) electrons. The van der Waals surface area contributed by atoms with Gasteiger partial charge in [0, 0.05) is 0 Å². The van der Waals surface area contributed by atoms with Gasteiger partial charge in [-0.2, -0.15) is 0 Å². The SMILES string of the molecule is CCOP(=O)(OCC)C(O)[C@H]1O[C@H]2OC(C)(C)O[C@H]2[C@@H]1O. The zero-order chi connectivity index (χ0) is 15.8. The second-order valence-electron chi connectivity index (χ2n) is 5.35. The predicted molar refractivity (Wildman–Crippen MR) is 71.6 cm³/mol. The summed E-state index contributed by atoms with van der Waals surface area (Å²) in [5, 5.41) is 20.5. The first kappa shape index (κ1) is 17.3. The quantitative estimate of drug-likeness (QED) is 0.691. The Morgan fingerprint density at radius 3 is 2.29 bits per heavy atom. The van der Waals surface area contributed by atoms with E-state index in [-0.39, 0.29) is 13.2 Å². The Balaban J connectivity index is 2.11. The van der Waals surface area contributed by atoms with E-state index in [9.17, 15) is 14.8 Å². The highest BCUT2D eigenvalue weighted by atomic mass is 31.2. The fourth-order valence-corrected chi connectivity index (χ4v) is 4.20. The zero-order valence-electron chi connectivity index (χ0n) is 12.6. The molecule has 2 aliphatic rings. The highest BCUT2D eigenvalue weighted by molar-refractivity contribution is 7.54. The summed E-state index contributed by atoms with van der Waals surface area (Å²) < 4.78 is 39.1.